The van der Waals surface area contributed by atoms with Crippen molar-refractivity contribution in [3.8, 4) is 0 Å². The van der Waals surface area contributed by atoms with Gasteiger partial charge in [0.2, 0.25) is 0 Å². The minimum atomic E-state index is -3.23. The number of sulfone groups is 1. The van der Waals surface area contributed by atoms with Gasteiger partial charge in [0.25, 0.3) is 0 Å². The lowest BCUT2D eigenvalue weighted by atomic mass is 9.98. The Hall–Kier alpha value is -1.24. The van der Waals surface area contributed by atoms with Gasteiger partial charge >= 0.3 is 0 Å². The summed E-state index contributed by atoms with van der Waals surface area (Å²) in [7, 11) is -1.50. The highest BCUT2D eigenvalue weighted by Gasteiger charge is 2.17. The van der Waals surface area contributed by atoms with Gasteiger partial charge in [0.1, 0.15) is 5.82 Å². The molecule has 0 bridgehead atoms. The second-order valence-electron chi connectivity index (χ2n) is 4.73. The number of hydrogen-bond donors (Lipinski definition) is 1. The zero-order valence-electron chi connectivity index (χ0n) is 11.6. The molecule has 6 heteroatoms. The molecule has 1 unspecified atom stereocenters. The van der Waals surface area contributed by atoms with Gasteiger partial charge in [0.15, 0.2) is 9.84 Å². The van der Waals surface area contributed by atoms with Crippen LogP contribution in [0.25, 0.3) is 0 Å². The van der Waals surface area contributed by atoms with E-state index in [0.717, 1.165) is 16.3 Å². The molecule has 0 saturated heterocycles. The van der Waals surface area contributed by atoms with Gasteiger partial charge in [-0.05, 0) is 42.9 Å². The standard InChI is InChI=1S/C15H15BrFNO2S/c1-18-15(13-9-11(16)5-8-14(13)17)10-3-6-12(7-4-10)21(2,19)20/h3-9,15,18H,1-2H3. The summed E-state index contributed by atoms with van der Waals surface area (Å²) in [6.07, 6.45) is 1.16. The van der Waals surface area contributed by atoms with E-state index in [0.29, 0.717) is 5.56 Å². The van der Waals surface area contributed by atoms with Crippen molar-refractivity contribution >= 4 is 25.8 Å². The minimum absolute atomic E-state index is 0.246. The Morgan fingerprint density at radius 1 is 1.14 bits per heavy atom. The normalized spacial score (nSPS) is 13.1. The lowest BCUT2D eigenvalue weighted by Gasteiger charge is -2.18. The predicted molar refractivity (Wildman–Crippen MR) is 84.6 cm³/mol. The molecule has 0 radical (unpaired) electrons. The third-order valence-electron chi connectivity index (χ3n) is 3.20. The summed E-state index contributed by atoms with van der Waals surface area (Å²) >= 11 is 3.33. The highest BCUT2D eigenvalue weighted by molar-refractivity contribution is 9.10. The van der Waals surface area contributed by atoms with Crippen molar-refractivity contribution < 1.29 is 12.8 Å². The third kappa shape index (κ3) is 3.70. The molecule has 0 aliphatic heterocycles. The van der Waals surface area contributed by atoms with E-state index < -0.39 is 9.84 Å². The number of rotatable bonds is 4. The molecule has 0 aliphatic carbocycles. The van der Waals surface area contributed by atoms with Crippen molar-refractivity contribution in [3.05, 3.63) is 63.9 Å². The second kappa shape index (κ2) is 6.25. The summed E-state index contributed by atoms with van der Waals surface area (Å²) in [6, 6.07) is 10.8. The monoisotopic (exact) mass is 371 g/mol. The topological polar surface area (TPSA) is 46.2 Å². The van der Waals surface area contributed by atoms with Gasteiger partial charge in [-0.1, -0.05) is 28.1 Å². The fourth-order valence-electron chi connectivity index (χ4n) is 2.15. The van der Waals surface area contributed by atoms with E-state index in [1.54, 1.807) is 31.3 Å². The van der Waals surface area contributed by atoms with E-state index in [1.807, 2.05) is 0 Å². The van der Waals surface area contributed by atoms with Crippen LogP contribution in [0.3, 0.4) is 0 Å². The van der Waals surface area contributed by atoms with Crippen LogP contribution < -0.4 is 5.32 Å². The molecule has 0 amide bonds. The Kier molecular flexibility index (Phi) is 4.81. The van der Waals surface area contributed by atoms with Crippen molar-refractivity contribution in [3.63, 3.8) is 0 Å². The predicted octanol–water partition coefficient (Wildman–Crippen LogP) is 3.30. The van der Waals surface area contributed by atoms with Gasteiger partial charge in [-0.3, -0.25) is 0 Å². The molecule has 0 aromatic heterocycles. The molecule has 2 aromatic rings. The molecule has 21 heavy (non-hydrogen) atoms. The zero-order chi connectivity index (χ0) is 15.6. The zero-order valence-corrected chi connectivity index (χ0v) is 14.0. The first-order chi connectivity index (χ1) is 9.82. The summed E-state index contributed by atoms with van der Waals surface area (Å²) < 4.78 is 37.7. The fourth-order valence-corrected chi connectivity index (χ4v) is 3.15. The molecule has 0 heterocycles. The fraction of sp³-hybridized carbons (Fsp3) is 0.200. The smallest absolute Gasteiger partial charge is 0.175 e. The molecule has 0 fully saturated rings. The Morgan fingerprint density at radius 3 is 2.29 bits per heavy atom. The second-order valence-corrected chi connectivity index (χ2v) is 7.66. The molecule has 112 valence electrons. The molecule has 2 rings (SSSR count). The van der Waals surface area contributed by atoms with Crippen LogP contribution in [0.5, 0.6) is 0 Å². The average molecular weight is 372 g/mol. The van der Waals surface area contributed by atoms with Crippen molar-refractivity contribution in [2.24, 2.45) is 0 Å². The van der Waals surface area contributed by atoms with E-state index in [-0.39, 0.29) is 16.8 Å². The lowest BCUT2D eigenvalue weighted by molar-refractivity contribution is 0.575. The van der Waals surface area contributed by atoms with Crippen molar-refractivity contribution in [1.29, 1.82) is 0 Å². The highest BCUT2D eigenvalue weighted by atomic mass is 79.9. The first-order valence-corrected chi connectivity index (χ1v) is 8.93. The molecule has 2 aromatic carbocycles. The van der Waals surface area contributed by atoms with Crippen LogP contribution in [-0.4, -0.2) is 21.7 Å². The Labute approximate surface area is 132 Å². The van der Waals surface area contributed by atoms with Gasteiger partial charge < -0.3 is 5.32 Å². The van der Waals surface area contributed by atoms with Crippen LogP contribution in [0.4, 0.5) is 4.39 Å². The van der Waals surface area contributed by atoms with Crippen LogP contribution in [0, 0.1) is 5.82 Å². The van der Waals surface area contributed by atoms with Crippen LogP contribution in [0.1, 0.15) is 17.2 Å². The Balaban J connectivity index is 2.44. The lowest BCUT2D eigenvalue weighted by Crippen LogP contribution is -2.19. The summed E-state index contributed by atoms with van der Waals surface area (Å²) in [5, 5.41) is 3.05. The van der Waals surface area contributed by atoms with Crippen molar-refractivity contribution in [2.45, 2.75) is 10.9 Å². The average Bonchev–Trinajstić information content (AvgIpc) is 2.43. The van der Waals surface area contributed by atoms with Crippen molar-refractivity contribution in [2.75, 3.05) is 13.3 Å². The van der Waals surface area contributed by atoms with E-state index in [1.165, 1.54) is 18.2 Å². The summed E-state index contributed by atoms with van der Waals surface area (Å²) in [4.78, 5) is 0.246. The molecular formula is C15H15BrFNO2S. The van der Waals surface area contributed by atoms with Crippen LogP contribution in [0.2, 0.25) is 0 Å². The van der Waals surface area contributed by atoms with E-state index in [9.17, 15) is 12.8 Å². The van der Waals surface area contributed by atoms with Gasteiger partial charge in [0, 0.05) is 16.3 Å². The van der Waals surface area contributed by atoms with Gasteiger partial charge in [-0.2, -0.15) is 0 Å². The summed E-state index contributed by atoms with van der Waals surface area (Å²) in [6.45, 7) is 0. The largest absolute Gasteiger partial charge is 0.309 e. The molecule has 0 saturated carbocycles. The van der Waals surface area contributed by atoms with Gasteiger partial charge in [-0.25, -0.2) is 12.8 Å². The number of benzene rings is 2. The molecule has 1 atom stereocenters. The first kappa shape index (κ1) is 16.1. The maximum absolute atomic E-state index is 14.0. The quantitative estimate of drug-likeness (QED) is 0.896. The van der Waals surface area contributed by atoms with Gasteiger partial charge in [0.05, 0.1) is 10.9 Å². The van der Waals surface area contributed by atoms with Gasteiger partial charge in [-0.15, -0.1) is 0 Å². The molecular weight excluding hydrogens is 357 g/mol. The molecule has 0 spiro atoms. The third-order valence-corrected chi connectivity index (χ3v) is 4.82. The molecule has 0 aliphatic rings. The van der Waals surface area contributed by atoms with Crippen LogP contribution in [-0.2, 0) is 9.84 Å². The number of hydrogen-bond acceptors (Lipinski definition) is 3. The Morgan fingerprint density at radius 2 is 1.76 bits per heavy atom. The maximum atomic E-state index is 14.0. The first-order valence-electron chi connectivity index (χ1n) is 6.25. The summed E-state index contributed by atoms with van der Waals surface area (Å²) in [5.74, 6) is -0.315. The molecule has 3 nitrogen and oxygen atoms in total. The Bertz CT molecular complexity index is 745. The summed E-state index contributed by atoms with van der Waals surface area (Å²) in [5.41, 5.74) is 1.29. The van der Waals surface area contributed by atoms with E-state index >= 15 is 0 Å². The minimum Gasteiger partial charge on any atom is -0.309 e. The highest BCUT2D eigenvalue weighted by Crippen LogP contribution is 2.27. The van der Waals surface area contributed by atoms with E-state index in [4.69, 9.17) is 0 Å². The number of nitrogens with one attached hydrogen (secondary N) is 1. The SMILES string of the molecule is CNC(c1ccc(S(C)(=O)=O)cc1)c1cc(Br)ccc1F. The van der Waals surface area contributed by atoms with Crippen LogP contribution >= 0.6 is 15.9 Å². The van der Waals surface area contributed by atoms with E-state index in [2.05, 4.69) is 21.2 Å². The molecule has 1 N–H and O–H groups in total. The van der Waals surface area contributed by atoms with Crippen LogP contribution in [0.15, 0.2) is 51.8 Å². The maximum Gasteiger partial charge on any atom is 0.175 e. The van der Waals surface area contributed by atoms with Crippen molar-refractivity contribution in [1.82, 2.24) is 5.32 Å². The number of halogens is 2.